The fraction of sp³-hybridized carbons (Fsp3) is 0.250. The first-order valence-electron chi connectivity index (χ1n) is 6.76. The van der Waals surface area contributed by atoms with Gasteiger partial charge in [0, 0.05) is 5.56 Å². The number of hydrogen-bond acceptors (Lipinski definition) is 4. The molecule has 4 nitrogen and oxygen atoms in total. The molecule has 0 fully saturated rings. The van der Waals surface area contributed by atoms with Crippen LogP contribution < -0.4 is 10.3 Å². The van der Waals surface area contributed by atoms with E-state index in [0.717, 1.165) is 21.7 Å². The molecule has 0 unspecified atom stereocenters. The van der Waals surface area contributed by atoms with Gasteiger partial charge >= 0.3 is 0 Å². The summed E-state index contributed by atoms with van der Waals surface area (Å²) >= 11 is 1.52. The third-order valence-electron chi connectivity index (χ3n) is 3.46. The highest BCUT2D eigenvalue weighted by molar-refractivity contribution is 7.16. The summed E-state index contributed by atoms with van der Waals surface area (Å²) in [5.41, 5.74) is 1.86. The number of benzene rings is 1. The number of nitrogens with zero attached hydrogens (tertiary/aromatic N) is 1. The summed E-state index contributed by atoms with van der Waals surface area (Å²) in [5.74, 6) is 1.68. The van der Waals surface area contributed by atoms with E-state index in [1.54, 1.807) is 7.11 Å². The third-order valence-corrected chi connectivity index (χ3v) is 4.35. The van der Waals surface area contributed by atoms with Gasteiger partial charge in [0.25, 0.3) is 5.56 Å². The number of hydrogen-bond donors (Lipinski definition) is 1. The van der Waals surface area contributed by atoms with Crippen LogP contribution in [0.1, 0.15) is 25.3 Å². The Morgan fingerprint density at radius 1 is 1.24 bits per heavy atom. The normalized spacial score (nSPS) is 11.2. The van der Waals surface area contributed by atoms with Crippen LogP contribution in [0.5, 0.6) is 5.75 Å². The van der Waals surface area contributed by atoms with Gasteiger partial charge in [-0.2, -0.15) is 0 Å². The number of fused-ring (bicyclic) bond motifs is 1. The van der Waals surface area contributed by atoms with E-state index in [0.29, 0.717) is 17.1 Å². The molecule has 0 saturated heterocycles. The van der Waals surface area contributed by atoms with Crippen molar-refractivity contribution in [1.29, 1.82) is 0 Å². The SMILES string of the molecule is COc1ccc(-c2nc3scc(C(C)C)c3c(=O)[nH]2)cc1. The van der Waals surface area contributed by atoms with Gasteiger partial charge in [0.15, 0.2) is 0 Å². The van der Waals surface area contributed by atoms with Crippen LogP contribution >= 0.6 is 11.3 Å². The van der Waals surface area contributed by atoms with Crippen LogP contribution in [-0.4, -0.2) is 17.1 Å². The van der Waals surface area contributed by atoms with Crippen LogP contribution in [0.2, 0.25) is 0 Å². The van der Waals surface area contributed by atoms with Crippen molar-refractivity contribution in [2.45, 2.75) is 19.8 Å². The number of ether oxygens (including phenoxy) is 1. The predicted octanol–water partition coefficient (Wildman–Crippen LogP) is 3.78. The first-order chi connectivity index (χ1) is 10.1. The van der Waals surface area contributed by atoms with Gasteiger partial charge in [-0.25, -0.2) is 4.98 Å². The minimum atomic E-state index is -0.0734. The quantitative estimate of drug-likeness (QED) is 0.800. The lowest BCUT2D eigenvalue weighted by Crippen LogP contribution is -2.10. The van der Waals surface area contributed by atoms with Gasteiger partial charge in [-0.05, 0) is 41.1 Å². The van der Waals surface area contributed by atoms with E-state index in [1.807, 2.05) is 29.6 Å². The Morgan fingerprint density at radius 3 is 2.57 bits per heavy atom. The molecule has 108 valence electrons. The molecule has 3 rings (SSSR count). The standard InChI is InChI=1S/C16H16N2O2S/c1-9(2)12-8-21-16-13(12)15(19)17-14(18-16)10-4-6-11(20-3)7-5-10/h4-9H,1-3H3,(H,17,18,19). The third kappa shape index (κ3) is 2.45. The Kier molecular flexibility index (Phi) is 3.51. The lowest BCUT2D eigenvalue weighted by molar-refractivity contribution is 0.415. The largest absolute Gasteiger partial charge is 0.497 e. The number of methoxy groups -OCH3 is 1. The van der Waals surface area contributed by atoms with Crippen LogP contribution in [0.25, 0.3) is 21.6 Å². The van der Waals surface area contributed by atoms with Crippen molar-refractivity contribution in [2.75, 3.05) is 7.11 Å². The topological polar surface area (TPSA) is 55.0 Å². The van der Waals surface area contributed by atoms with Gasteiger partial charge in [0.1, 0.15) is 16.4 Å². The molecule has 0 bridgehead atoms. The summed E-state index contributed by atoms with van der Waals surface area (Å²) in [6.07, 6.45) is 0. The van der Waals surface area contributed by atoms with E-state index in [4.69, 9.17) is 4.74 Å². The zero-order chi connectivity index (χ0) is 15.0. The molecular weight excluding hydrogens is 284 g/mol. The first-order valence-corrected chi connectivity index (χ1v) is 7.64. The first kappa shape index (κ1) is 13.8. The Labute approximate surface area is 126 Å². The van der Waals surface area contributed by atoms with E-state index in [1.165, 1.54) is 11.3 Å². The second-order valence-electron chi connectivity index (χ2n) is 5.17. The molecule has 3 aromatic rings. The van der Waals surface area contributed by atoms with E-state index >= 15 is 0 Å². The zero-order valence-corrected chi connectivity index (χ0v) is 13.0. The highest BCUT2D eigenvalue weighted by Crippen LogP contribution is 2.28. The fourth-order valence-electron chi connectivity index (χ4n) is 2.28. The molecule has 0 aliphatic carbocycles. The van der Waals surface area contributed by atoms with Crippen molar-refractivity contribution in [3.05, 3.63) is 45.6 Å². The summed E-state index contributed by atoms with van der Waals surface area (Å²) in [5, 5.41) is 2.74. The fourth-order valence-corrected chi connectivity index (χ4v) is 3.38. The lowest BCUT2D eigenvalue weighted by Gasteiger charge is -2.05. The maximum absolute atomic E-state index is 12.4. The van der Waals surface area contributed by atoms with E-state index in [2.05, 4.69) is 23.8 Å². The summed E-state index contributed by atoms with van der Waals surface area (Å²) in [7, 11) is 1.63. The van der Waals surface area contributed by atoms with E-state index in [9.17, 15) is 4.79 Å². The smallest absolute Gasteiger partial charge is 0.260 e. The van der Waals surface area contributed by atoms with Gasteiger partial charge in [-0.15, -0.1) is 11.3 Å². The minimum Gasteiger partial charge on any atom is -0.497 e. The average molecular weight is 300 g/mol. The number of aromatic amines is 1. The molecule has 5 heteroatoms. The number of rotatable bonds is 3. The van der Waals surface area contributed by atoms with Crippen molar-refractivity contribution in [3.8, 4) is 17.1 Å². The number of thiophene rings is 1. The van der Waals surface area contributed by atoms with Crippen molar-refractivity contribution in [1.82, 2.24) is 9.97 Å². The Bertz CT molecular complexity index is 832. The van der Waals surface area contributed by atoms with Crippen LogP contribution in [0.4, 0.5) is 0 Å². The predicted molar refractivity (Wildman–Crippen MR) is 86.3 cm³/mol. The zero-order valence-electron chi connectivity index (χ0n) is 12.1. The maximum Gasteiger partial charge on any atom is 0.260 e. The van der Waals surface area contributed by atoms with Crippen LogP contribution in [-0.2, 0) is 0 Å². The molecule has 1 aromatic carbocycles. The van der Waals surface area contributed by atoms with Crippen molar-refractivity contribution in [3.63, 3.8) is 0 Å². The molecule has 0 atom stereocenters. The monoisotopic (exact) mass is 300 g/mol. The molecule has 0 aliphatic rings. The minimum absolute atomic E-state index is 0.0734. The number of nitrogens with one attached hydrogen (secondary N) is 1. The van der Waals surface area contributed by atoms with Crippen molar-refractivity contribution < 1.29 is 4.74 Å². The molecule has 0 amide bonds. The molecule has 1 N–H and O–H groups in total. The summed E-state index contributed by atoms with van der Waals surface area (Å²) in [6, 6.07) is 7.49. The van der Waals surface area contributed by atoms with Gasteiger partial charge in [0.2, 0.25) is 0 Å². The number of aromatic nitrogens is 2. The summed E-state index contributed by atoms with van der Waals surface area (Å²) in [4.78, 5) is 20.6. The van der Waals surface area contributed by atoms with E-state index < -0.39 is 0 Å². The molecule has 21 heavy (non-hydrogen) atoms. The van der Waals surface area contributed by atoms with Crippen molar-refractivity contribution >= 4 is 21.6 Å². The Hall–Kier alpha value is -2.14. The van der Waals surface area contributed by atoms with Gasteiger partial charge < -0.3 is 9.72 Å². The van der Waals surface area contributed by atoms with Gasteiger partial charge in [-0.3, -0.25) is 4.79 Å². The molecular formula is C16H16N2O2S. The summed E-state index contributed by atoms with van der Waals surface area (Å²) in [6.45, 7) is 4.16. The molecule has 2 aromatic heterocycles. The molecule has 2 heterocycles. The van der Waals surface area contributed by atoms with Gasteiger partial charge in [0.05, 0.1) is 12.5 Å². The van der Waals surface area contributed by atoms with E-state index in [-0.39, 0.29) is 5.56 Å². The van der Waals surface area contributed by atoms with Crippen LogP contribution in [0.15, 0.2) is 34.4 Å². The highest BCUT2D eigenvalue weighted by Gasteiger charge is 2.14. The molecule has 0 spiro atoms. The van der Waals surface area contributed by atoms with Crippen molar-refractivity contribution in [2.24, 2.45) is 0 Å². The van der Waals surface area contributed by atoms with Gasteiger partial charge in [-0.1, -0.05) is 13.8 Å². The van der Waals surface area contributed by atoms with Crippen LogP contribution in [0.3, 0.4) is 0 Å². The average Bonchev–Trinajstić information content (AvgIpc) is 2.92. The second-order valence-corrected chi connectivity index (χ2v) is 6.03. The highest BCUT2D eigenvalue weighted by atomic mass is 32.1. The molecule has 0 radical (unpaired) electrons. The number of H-pyrrole nitrogens is 1. The maximum atomic E-state index is 12.4. The Balaban J connectivity index is 2.14. The van der Waals surface area contributed by atoms with Crippen LogP contribution in [0, 0.1) is 0 Å². The Morgan fingerprint density at radius 2 is 1.95 bits per heavy atom. The lowest BCUT2D eigenvalue weighted by atomic mass is 10.0. The molecule has 0 aliphatic heterocycles. The molecule has 0 saturated carbocycles. The second kappa shape index (κ2) is 5.33. The summed E-state index contributed by atoms with van der Waals surface area (Å²) < 4.78 is 5.14.